The fourth-order valence-electron chi connectivity index (χ4n) is 2.24. The third kappa shape index (κ3) is 6.11. The molecule has 0 spiro atoms. The highest BCUT2D eigenvalue weighted by Gasteiger charge is 2.16. The molecule has 0 aliphatic carbocycles. The van der Waals surface area contributed by atoms with E-state index < -0.39 is 10.0 Å². The lowest BCUT2D eigenvalue weighted by molar-refractivity contribution is 0.252. The fourth-order valence-corrected chi connectivity index (χ4v) is 3.86. The molecule has 3 aromatic rings. The Morgan fingerprint density at radius 3 is 2.30 bits per heavy atom. The van der Waals surface area contributed by atoms with Crippen LogP contribution in [-0.2, 0) is 16.6 Å². The average molecular weight is 470 g/mol. The predicted octanol–water partition coefficient (Wildman–Crippen LogP) is 3.72. The zero-order valence-corrected chi connectivity index (χ0v) is 18.7. The van der Waals surface area contributed by atoms with Crippen LogP contribution >= 0.6 is 23.4 Å². The number of nitrogens with zero attached hydrogens (tertiary/aromatic N) is 3. The van der Waals surface area contributed by atoms with Crippen molar-refractivity contribution in [2.75, 3.05) is 26.5 Å². The van der Waals surface area contributed by atoms with Crippen molar-refractivity contribution in [3.05, 3.63) is 59.4 Å². The molecule has 160 valence electrons. The maximum Gasteiger partial charge on any atom is 0.276 e. The lowest BCUT2D eigenvalue weighted by atomic mass is 10.3. The second-order valence-corrected chi connectivity index (χ2v) is 9.79. The largest absolute Gasteiger partial charge is 0.493 e. The molecule has 0 fully saturated rings. The summed E-state index contributed by atoms with van der Waals surface area (Å²) in [6, 6.07) is 13.3. The normalized spacial score (nSPS) is 11.6. The molecule has 0 aliphatic rings. The molecular formula is C19H20ClN3O5S2. The maximum absolute atomic E-state index is 12.0. The molecule has 3 rings (SSSR count). The van der Waals surface area contributed by atoms with Crippen LogP contribution < -0.4 is 9.47 Å². The maximum atomic E-state index is 12.0. The molecule has 0 atom stereocenters. The number of aromatic nitrogens is 2. The van der Waals surface area contributed by atoms with Crippen LogP contribution in [0.2, 0.25) is 5.02 Å². The molecule has 0 aliphatic heterocycles. The van der Waals surface area contributed by atoms with Gasteiger partial charge in [0, 0.05) is 24.9 Å². The molecular weight excluding hydrogens is 450 g/mol. The van der Waals surface area contributed by atoms with Gasteiger partial charge in [0.2, 0.25) is 10.0 Å². The molecule has 11 heteroatoms. The minimum absolute atomic E-state index is 0.161. The number of halogens is 1. The molecule has 30 heavy (non-hydrogen) atoms. The summed E-state index contributed by atoms with van der Waals surface area (Å²) in [5, 5.41) is 8.96. The molecule has 0 amide bonds. The molecule has 0 saturated carbocycles. The predicted molar refractivity (Wildman–Crippen MR) is 114 cm³/mol. The van der Waals surface area contributed by atoms with Gasteiger partial charge in [-0.15, -0.1) is 10.2 Å². The van der Waals surface area contributed by atoms with Crippen molar-refractivity contribution in [1.82, 2.24) is 14.5 Å². The first kappa shape index (κ1) is 22.4. The van der Waals surface area contributed by atoms with Crippen LogP contribution in [-0.4, -0.2) is 49.4 Å². The van der Waals surface area contributed by atoms with E-state index in [0.29, 0.717) is 40.0 Å². The molecule has 8 nitrogen and oxygen atoms in total. The van der Waals surface area contributed by atoms with E-state index in [9.17, 15) is 8.42 Å². The summed E-state index contributed by atoms with van der Waals surface area (Å²) in [6.45, 7) is 0.553. The van der Waals surface area contributed by atoms with Crippen LogP contribution in [0.5, 0.6) is 11.5 Å². The molecule has 0 radical (unpaired) electrons. The van der Waals surface area contributed by atoms with E-state index in [2.05, 4.69) is 10.2 Å². The summed E-state index contributed by atoms with van der Waals surface area (Å²) in [5.74, 6) is 2.18. The zero-order valence-electron chi connectivity index (χ0n) is 16.3. The van der Waals surface area contributed by atoms with E-state index in [1.54, 1.807) is 36.4 Å². The lowest BCUT2D eigenvalue weighted by Crippen LogP contribution is -2.22. The Morgan fingerprint density at radius 1 is 1.00 bits per heavy atom. The van der Waals surface area contributed by atoms with Gasteiger partial charge in [-0.3, -0.25) is 0 Å². The van der Waals surface area contributed by atoms with Crippen molar-refractivity contribution in [2.24, 2.45) is 0 Å². The number of sulfonamides is 1. The number of benzene rings is 2. The number of rotatable bonds is 10. The van der Waals surface area contributed by atoms with Crippen LogP contribution in [0, 0.1) is 0 Å². The van der Waals surface area contributed by atoms with E-state index in [1.807, 2.05) is 0 Å². The zero-order chi connectivity index (χ0) is 21.6. The van der Waals surface area contributed by atoms with Crippen LogP contribution in [0.3, 0.4) is 0 Å². The number of hydrogen-bond acceptors (Lipinski definition) is 8. The Balaban J connectivity index is 1.41. The van der Waals surface area contributed by atoms with Gasteiger partial charge in [0.1, 0.15) is 11.5 Å². The molecule has 0 bridgehead atoms. The lowest BCUT2D eigenvalue weighted by Gasteiger charge is -2.11. The highest BCUT2D eigenvalue weighted by atomic mass is 35.5. The monoisotopic (exact) mass is 469 g/mol. The Labute approximate surface area is 184 Å². The van der Waals surface area contributed by atoms with Gasteiger partial charge < -0.3 is 13.9 Å². The minimum Gasteiger partial charge on any atom is -0.493 e. The summed E-state index contributed by atoms with van der Waals surface area (Å²) < 4.78 is 42.0. The first-order valence-electron chi connectivity index (χ1n) is 8.83. The fraction of sp³-hybridized carbons (Fsp3) is 0.263. The van der Waals surface area contributed by atoms with E-state index in [4.69, 9.17) is 25.5 Å². The van der Waals surface area contributed by atoms with E-state index in [-0.39, 0.29) is 11.5 Å². The second-order valence-electron chi connectivity index (χ2n) is 6.16. The van der Waals surface area contributed by atoms with Gasteiger partial charge >= 0.3 is 0 Å². The third-order valence-corrected chi connectivity index (χ3v) is 6.67. The Kier molecular flexibility index (Phi) is 7.59. The van der Waals surface area contributed by atoms with Crippen molar-refractivity contribution < 1.29 is 22.3 Å². The van der Waals surface area contributed by atoms with Crippen LogP contribution in [0.25, 0.3) is 0 Å². The highest BCUT2D eigenvalue weighted by Crippen LogP contribution is 2.21. The van der Waals surface area contributed by atoms with E-state index >= 15 is 0 Å². The number of hydrogen-bond donors (Lipinski definition) is 0. The van der Waals surface area contributed by atoms with Gasteiger partial charge in [0.15, 0.2) is 6.61 Å². The number of ether oxygens (including phenoxy) is 2. The van der Waals surface area contributed by atoms with Crippen LogP contribution in [0.4, 0.5) is 0 Å². The van der Waals surface area contributed by atoms with Crippen molar-refractivity contribution in [3.63, 3.8) is 0 Å². The summed E-state index contributed by atoms with van der Waals surface area (Å²) >= 11 is 7.19. The van der Waals surface area contributed by atoms with E-state index in [0.717, 1.165) is 0 Å². The third-order valence-electron chi connectivity index (χ3n) is 3.80. The van der Waals surface area contributed by atoms with Crippen LogP contribution in [0.1, 0.15) is 5.89 Å². The first-order valence-corrected chi connectivity index (χ1v) is 11.6. The summed E-state index contributed by atoms with van der Waals surface area (Å²) in [4.78, 5) is 0.216. The molecule has 1 heterocycles. The van der Waals surface area contributed by atoms with Gasteiger partial charge in [-0.2, -0.15) is 0 Å². The van der Waals surface area contributed by atoms with Gasteiger partial charge in [-0.05, 0) is 48.5 Å². The minimum atomic E-state index is -3.45. The van der Waals surface area contributed by atoms with Crippen molar-refractivity contribution in [1.29, 1.82) is 0 Å². The molecule has 0 saturated heterocycles. The molecule has 0 N–H and O–H groups in total. The standard InChI is InChI=1S/C19H20ClN3O5S2/c1-23(2)30(24,25)17-9-7-15(8-10-17)26-11-12-29-19-22-21-18(28-19)13-27-16-5-3-14(20)4-6-16/h3-10H,11-13H2,1-2H3. The van der Waals surface area contributed by atoms with Crippen molar-refractivity contribution in [3.8, 4) is 11.5 Å². The van der Waals surface area contributed by atoms with Gasteiger partial charge in [0.25, 0.3) is 11.1 Å². The smallest absolute Gasteiger partial charge is 0.276 e. The van der Waals surface area contributed by atoms with Crippen molar-refractivity contribution in [2.45, 2.75) is 16.7 Å². The molecule has 0 unspecified atom stereocenters. The van der Waals surface area contributed by atoms with Gasteiger partial charge in [0.05, 0.1) is 11.5 Å². The molecule has 2 aromatic carbocycles. The van der Waals surface area contributed by atoms with Gasteiger partial charge in [-0.1, -0.05) is 23.4 Å². The summed E-state index contributed by atoms with van der Waals surface area (Å²) in [5.41, 5.74) is 0. The van der Waals surface area contributed by atoms with E-state index in [1.165, 1.54) is 42.3 Å². The average Bonchev–Trinajstić information content (AvgIpc) is 3.19. The number of thioether (sulfide) groups is 1. The molecule has 1 aromatic heterocycles. The summed E-state index contributed by atoms with van der Waals surface area (Å²) in [6.07, 6.45) is 0. The SMILES string of the molecule is CN(C)S(=O)(=O)c1ccc(OCCSc2nnc(COc3ccc(Cl)cc3)o2)cc1. The summed E-state index contributed by atoms with van der Waals surface area (Å²) in [7, 11) is -0.468. The van der Waals surface area contributed by atoms with Crippen molar-refractivity contribution >= 4 is 33.4 Å². The Hall–Kier alpha value is -2.27. The topological polar surface area (TPSA) is 94.8 Å². The van der Waals surface area contributed by atoms with Gasteiger partial charge in [-0.25, -0.2) is 12.7 Å². The quantitative estimate of drug-likeness (QED) is 0.327. The Bertz CT molecular complexity index is 1050. The Morgan fingerprint density at radius 2 is 1.63 bits per heavy atom. The van der Waals surface area contributed by atoms with Crippen LogP contribution in [0.15, 0.2) is 63.1 Å². The first-order chi connectivity index (χ1) is 14.3. The highest BCUT2D eigenvalue weighted by molar-refractivity contribution is 7.99. The second kappa shape index (κ2) is 10.2.